The van der Waals surface area contributed by atoms with Gasteiger partial charge in [-0.3, -0.25) is 9.59 Å². The van der Waals surface area contributed by atoms with E-state index in [9.17, 15) is 18.8 Å². The van der Waals surface area contributed by atoms with Crippen LogP contribution in [0.5, 0.6) is 5.75 Å². The highest BCUT2D eigenvalue weighted by molar-refractivity contribution is 5.98. The standard InChI is InChI=1S/C14H13FN2O5/c15-10-3-1-2-4-11(10)21-7-12(18)16-5-9(6-16)17-13(19)8-22-14(17)20/h1-4,9H,5-8H2. The molecule has 2 fully saturated rings. The molecule has 7 nitrogen and oxygen atoms in total. The number of rotatable bonds is 4. The van der Waals surface area contributed by atoms with Gasteiger partial charge in [-0.2, -0.15) is 0 Å². The minimum absolute atomic E-state index is 0.00576. The highest BCUT2D eigenvalue weighted by Gasteiger charge is 2.44. The number of carbonyl (C=O) groups excluding carboxylic acids is 3. The van der Waals surface area contributed by atoms with Gasteiger partial charge in [-0.05, 0) is 12.1 Å². The molecule has 2 aliphatic heterocycles. The third-order valence-electron chi connectivity index (χ3n) is 3.55. The zero-order valence-corrected chi connectivity index (χ0v) is 11.5. The summed E-state index contributed by atoms with van der Waals surface area (Å²) in [5.74, 6) is -1.27. The van der Waals surface area contributed by atoms with Crippen molar-refractivity contribution in [2.45, 2.75) is 6.04 Å². The minimum atomic E-state index is -0.676. The summed E-state index contributed by atoms with van der Waals surface area (Å²) in [7, 11) is 0. The van der Waals surface area contributed by atoms with Crippen molar-refractivity contribution in [2.75, 3.05) is 26.3 Å². The fourth-order valence-corrected chi connectivity index (χ4v) is 2.33. The van der Waals surface area contributed by atoms with Crippen LogP contribution in [0.2, 0.25) is 0 Å². The quantitative estimate of drug-likeness (QED) is 0.804. The van der Waals surface area contributed by atoms with Gasteiger partial charge in [-0.1, -0.05) is 12.1 Å². The van der Waals surface area contributed by atoms with Crippen LogP contribution in [0.4, 0.5) is 9.18 Å². The van der Waals surface area contributed by atoms with E-state index >= 15 is 0 Å². The Labute approximate surface area is 125 Å². The summed E-state index contributed by atoms with van der Waals surface area (Å²) in [4.78, 5) is 37.2. The lowest BCUT2D eigenvalue weighted by molar-refractivity contribution is -0.143. The van der Waals surface area contributed by atoms with Crippen molar-refractivity contribution in [3.05, 3.63) is 30.1 Å². The van der Waals surface area contributed by atoms with Gasteiger partial charge in [0.05, 0.1) is 6.04 Å². The zero-order chi connectivity index (χ0) is 15.7. The second-order valence-corrected chi connectivity index (χ2v) is 4.99. The SMILES string of the molecule is O=C(COc1ccccc1F)N1CC(N2C(=O)COC2=O)C1. The Kier molecular flexibility index (Phi) is 3.66. The van der Waals surface area contributed by atoms with Gasteiger partial charge in [0.2, 0.25) is 0 Å². The molecule has 2 heterocycles. The summed E-state index contributed by atoms with van der Waals surface area (Å²) >= 11 is 0. The first-order chi connectivity index (χ1) is 10.6. The van der Waals surface area contributed by atoms with E-state index in [1.165, 1.54) is 23.1 Å². The van der Waals surface area contributed by atoms with E-state index in [1.807, 2.05) is 0 Å². The van der Waals surface area contributed by atoms with Crippen molar-refractivity contribution in [1.29, 1.82) is 0 Å². The fourth-order valence-electron chi connectivity index (χ4n) is 2.33. The number of hydrogen-bond donors (Lipinski definition) is 0. The third-order valence-corrected chi connectivity index (χ3v) is 3.55. The second-order valence-electron chi connectivity index (χ2n) is 4.99. The van der Waals surface area contributed by atoms with Crippen LogP contribution >= 0.6 is 0 Å². The Morgan fingerprint density at radius 3 is 2.68 bits per heavy atom. The van der Waals surface area contributed by atoms with E-state index in [2.05, 4.69) is 4.74 Å². The summed E-state index contributed by atoms with van der Waals surface area (Å²) < 4.78 is 23.1. The maximum Gasteiger partial charge on any atom is 0.417 e. The molecule has 2 aliphatic rings. The van der Waals surface area contributed by atoms with Crippen LogP contribution in [0.3, 0.4) is 0 Å². The summed E-state index contributed by atoms with van der Waals surface area (Å²) in [6, 6.07) is 5.44. The normalized spacial score (nSPS) is 18.2. The van der Waals surface area contributed by atoms with Crippen molar-refractivity contribution < 1.29 is 28.2 Å². The van der Waals surface area contributed by atoms with Gasteiger partial charge in [0.1, 0.15) is 0 Å². The molecule has 0 radical (unpaired) electrons. The number of likely N-dealkylation sites (tertiary alicyclic amines) is 1. The van der Waals surface area contributed by atoms with E-state index < -0.39 is 17.8 Å². The lowest BCUT2D eigenvalue weighted by atomic mass is 10.1. The molecule has 0 saturated carbocycles. The van der Waals surface area contributed by atoms with Crippen LogP contribution in [0, 0.1) is 5.82 Å². The number of carbonyl (C=O) groups is 3. The molecule has 0 aromatic heterocycles. The van der Waals surface area contributed by atoms with Gasteiger partial charge in [-0.25, -0.2) is 14.1 Å². The van der Waals surface area contributed by atoms with Crippen LogP contribution in [0.15, 0.2) is 24.3 Å². The monoisotopic (exact) mass is 308 g/mol. The van der Waals surface area contributed by atoms with Gasteiger partial charge in [-0.15, -0.1) is 0 Å². The molecule has 1 aromatic rings. The van der Waals surface area contributed by atoms with E-state index in [0.29, 0.717) is 0 Å². The Morgan fingerprint density at radius 2 is 2.05 bits per heavy atom. The van der Waals surface area contributed by atoms with Crippen LogP contribution in [-0.2, 0) is 14.3 Å². The Balaban J connectivity index is 1.49. The molecule has 3 rings (SSSR count). The van der Waals surface area contributed by atoms with E-state index in [0.717, 1.165) is 4.90 Å². The van der Waals surface area contributed by atoms with Crippen LogP contribution in [0.1, 0.15) is 0 Å². The first-order valence-electron chi connectivity index (χ1n) is 6.70. The Morgan fingerprint density at radius 1 is 1.32 bits per heavy atom. The molecule has 0 atom stereocenters. The fraction of sp³-hybridized carbons (Fsp3) is 0.357. The van der Waals surface area contributed by atoms with Gasteiger partial charge < -0.3 is 14.4 Å². The lowest BCUT2D eigenvalue weighted by Crippen LogP contribution is -2.62. The number of para-hydroxylation sites is 1. The predicted molar refractivity (Wildman–Crippen MR) is 70.5 cm³/mol. The van der Waals surface area contributed by atoms with Crippen molar-refractivity contribution in [3.63, 3.8) is 0 Å². The van der Waals surface area contributed by atoms with E-state index in [-0.39, 0.29) is 44.0 Å². The molecule has 0 spiro atoms. The first kappa shape index (κ1) is 14.3. The zero-order valence-electron chi connectivity index (χ0n) is 11.5. The molecule has 116 valence electrons. The van der Waals surface area contributed by atoms with Crippen LogP contribution in [-0.4, -0.2) is 60.1 Å². The summed E-state index contributed by atoms with van der Waals surface area (Å²) in [5, 5.41) is 0. The number of hydrogen-bond acceptors (Lipinski definition) is 5. The number of amides is 3. The van der Waals surface area contributed by atoms with Crippen molar-refractivity contribution in [1.82, 2.24) is 9.80 Å². The maximum absolute atomic E-state index is 13.3. The molecule has 0 unspecified atom stereocenters. The minimum Gasteiger partial charge on any atom is -0.481 e. The average Bonchev–Trinajstić information content (AvgIpc) is 2.77. The highest BCUT2D eigenvalue weighted by atomic mass is 19.1. The molecular formula is C14H13FN2O5. The molecule has 22 heavy (non-hydrogen) atoms. The predicted octanol–water partition coefficient (Wildman–Crippen LogP) is 0.394. The van der Waals surface area contributed by atoms with E-state index in [4.69, 9.17) is 4.74 Å². The van der Waals surface area contributed by atoms with Gasteiger partial charge in [0.15, 0.2) is 24.8 Å². The largest absolute Gasteiger partial charge is 0.481 e. The molecule has 0 aliphatic carbocycles. The summed E-state index contributed by atoms with van der Waals surface area (Å²) in [6.07, 6.45) is -0.676. The molecule has 0 N–H and O–H groups in total. The lowest BCUT2D eigenvalue weighted by Gasteiger charge is -2.41. The van der Waals surface area contributed by atoms with Crippen LogP contribution in [0.25, 0.3) is 0 Å². The molecule has 2 saturated heterocycles. The number of ether oxygens (including phenoxy) is 2. The van der Waals surface area contributed by atoms with Gasteiger partial charge >= 0.3 is 6.09 Å². The summed E-state index contributed by atoms with van der Waals surface area (Å²) in [5.41, 5.74) is 0. The number of benzene rings is 1. The van der Waals surface area contributed by atoms with Crippen LogP contribution < -0.4 is 4.74 Å². The van der Waals surface area contributed by atoms with Crippen molar-refractivity contribution >= 4 is 17.9 Å². The second kappa shape index (κ2) is 5.63. The Hall–Kier alpha value is -2.64. The molecule has 3 amide bonds. The molecule has 0 bridgehead atoms. The average molecular weight is 308 g/mol. The third kappa shape index (κ3) is 2.59. The number of cyclic esters (lactones) is 1. The Bertz CT molecular complexity index is 613. The van der Waals surface area contributed by atoms with Gasteiger partial charge in [0, 0.05) is 13.1 Å². The smallest absolute Gasteiger partial charge is 0.417 e. The number of imide groups is 1. The molecular weight excluding hydrogens is 295 g/mol. The van der Waals surface area contributed by atoms with Crippen molar-refractivity contribution in [3.8, 4) is 5.75 Å². The topological polar surface area (TPSA) is 76.2 Å². The maximum atomic E-state index is 13.3. The first-order valence-corrected chi connectivity index (χ1v) is 6.70. The van der Waals surface area contributed by atoms with E-state index in [1.54, 1.807) is 6.07 Å². The molecule has 8 heteroatoms. The summed E-state index contributed by atoms with van der Waals surface area (Å²) in [6.45, 7) is -0.0771. The number of nitrogens with zero attached hydrogens (tertiary/aromatic N) is 2. The van der Waals surface area contributed by atoms with Crippen molar-refractivity contribution in [2.24, 2.45) is 0 Å². The van der Waals surface area contributed by atoms with Gasteiger partial charge in [0.25, 0.3) is 11.8 Å². The highest BCUT2D eigenvalue weighted by Crippen LogP contribution is 2.20. The molecule has 1 aromatic carbocycles. The number of halogens is 1.